The summed E-state index contributed by atoms with van der Waals surface area (Å²) in [7, 11) is 0. The zero-order valence-corrected chi connectivity index (χ0v) is 7.47. The van der Waals surface area contributed by atoms with Crippen LogP contribution in [0.5, 0.6) is 0 Å². The standard InChI is InChI=1S/C7H11NO3S/c9-6(10)7(8-12-11)4-2-1-3-5-7/h1-5H2,(H,9,10). The van der Waals surface area contributed by atoms with E-state index in [1.165, 1.54) is 0 Å². The smallest absolute Gasteiger partial charge is 0.332 e. The molecular formula is C7H11NO3S. The molecule has 12 heavy (non-hydrogen) atoms. The summed E-state index contributed by atoms with van der Waals surface area (Å²) in [6.07, 6.45) is 3.79. The molecule has 0 aromatic rings. The fourth-order valence-corrected chi connectivity index (χ4v) is 1.96. The first-order chi connectivity index (χ1) is 5.71. The average molecular weight is 189 g/mol. The Morgan fingerprint density at radius 2 is 1.92 bits per heavy atom. The molecule has 0 bridgehead atoms. The Hall–Kier alpha value is -0.710. The molecule has 1 N–H and O–H groups in total. The van der Waals surface area contributed by atoms with E-state index in [0.29, 0.717) is 12.8 Å². The van der Waals surface area contributed by atoms with Gasteiger partial charge in [0.2, 0.25) is 11.5 Å². The lowest BCUT2D eigenvalue weighted by Gasteiger charge is -2.26. The van der Waals surface area contributed by atoms with Crippen molar-refractivity contribution in [2.24, 2.45) is 4.36 Å². The van der Waals surface area contributed by atoms with E-state index in [-0.39, 0.29) is 11.5 Å². The molecule has 0 saturated heterocycles. The van der Waals surface area contributed by atoms with E-state index in [1.54, 1.807) is 0 Å². The van der Waals surface area contributed by atoms with Crippen LogP contribution < -0.4 is 0 Å². The summed E-state index contributed by atoms with van der Waals surface area (Å²) in [6, 6.07) is 0. The normalized spacial score (nSPS) is 21.3. The minimum Gasteiger partial charge on any atom is -0.479 e. The van der Waals surface area contributed by atoms with Gasteiger partial charge in [0.1, 0.15) is 0 Å². The quantitative estimate of drug-likeness (QED) is 0.709. The Morgan fingerprint density at radius 3 is 2.33 bits per heavy atom. The van der Waals surface area contributed by atoms with Crippen molar-refractivity contribution in [3.8, 4) is 0 Å². The number of carbonyl (C=O) groups is 1. The number of nitrogens with zero attached hydrogens (tertiary/aromatic N) is 1. The number of rotatable bonds is 2. The van der Waals surface area contributed by atoms with Crippen molar-refractivity contribution >= 4 is 17.4 Å². The molecular weight excluding hydrogens is 178 g/mol. The van der Waals surface area contributed by atoms with E-state index in [4.69, 9.17) is 5.11 Å². The van der Waals surface area contributed by atoms with Crippen LogP contribution in [0.15, 0.2) is 4.36 Å². The van der Waals surface area contributed by atoms with Crippen LogP contribution >= 0.6 is 0 Å². The topological polar surface area (TPSA) is 66.7 Å². The van der Waals surface area contributed by atoms with Crippen molar-refractivity contribution in [3.05, 3.63) is 0 Å². The summed E-state index contributed by atoms with van der Waals surface area (Å²) in [5.74, 6) is -0.953. The van der Waals surface area contributed by atoms with Gasteiger partial charge in [-0.15, -0.1) is 0 Å². The second kappa shape index (κ2) is 3.80. The zero-order chi connectivity index (χ0) is 9.03. The van der Waals surface area contributed by atoms with Crippen LogP contribution in [0.4, 0.5) is 0 Å². The third kappa shape index (κ3) is 1.72. The summed E-state index contributed by atoms with van der Waals surface area (Å²) in [6.45, 7) is 0. The Balaban J connectivity index is 2.83. The van der Waals surface area contributed by atoms with Crippen LogP contribution in [0.1, 0.15) is 32.1 Å². The molecule has 0 amide bonds. The van der Waals surface area contributed by atoms with Crippen molar-refractivity contribution in [1.29, 1.82) is 0 Å². The first-order valence-electron chi connectivity index (χ1n) is 3.96. The Labute approximate surface area is 74.2 Å². The lowest BCUT2D eigenvalue weighted by molar-refractivity contribution is -0.144. The first-order valence-corrected chi connectivity index (χ1v) is 4.66. The number of aliphatic carboxylic acids is 1. The van der Waals surface area contributed by atoms with Gasteiger partial charge in [-0.25, -0.2) is 4.79 Å². The minimum atomic E-state index is -1.08. The fourth-order valence-electron chi connectivity index (χ4n) is 1.55. The van der Waals surface area contributed by atoms with Crippen molar-refractivity contribution < 1.29 is 14.1 Å². The summed E-state index contributed by atoms with van der Waals surface area (Å²) < 4.78 is 13.8. The average Bonchev–Trinajstić information content (AvgIpc) is 2.06. The predicted molar refractivity (Wildman–Crippen MR) is 44.0 cm³/mol. The maximum Gasteiger partial charge on any atom is 0.332 e. The Kier molecular flexibility index (Phi) is 2.97. The SMILES string of the molecule is O=S=NC1(C(=O)O)CCCCC1. The molecule has 0 aromatic carbocycles. The van der Waals surface area contributed by atoms with E-state index < -0.39 is 11.5 Å². The Bertz CT molecular complexity index is 225. The van der Waals surface area contributed by atoms with Crippen LogP contribution in [0.25, 0.3) is 0 Å². The van der Waals surface area contributed by atoms with Crippen molar-refractivity contribution in [2.75, 3.05) is 0 Å². The van der Waals surface area contributed by atoms with Gasteiger partial charge < -0.3 is 5.11 Å². The van der Waals surface area contributed by atoms with Gasteiger partial charge in [-0.05, 0) is 12.8 Å². The maximum absolute atomic E-state index is 10.8. The van der Waals surface area contributed by atoms with Crippen LogP contribution in [0, 0.1) is 0 Å². The number of hydrogen-bond donors (Lipinski definition) is 1. The molecule has 0 unspecified atom stereocenters. The van der Waals surface area contributed by atoms with E-state index in [1.807, 2.05) is 0 Å². The third-order valence-corrected chi connectivity index (χ3v) is 2.71. The second-order valence-corrected chi connectivity index (χ2v) is 3.39. The molecule has 0 heterocycles. The van der Waals surface area contributed by atoms with Crippen LogP contribution in [-0.2, 0) is 16.3 Å². The zero-order valence-electron chi connectivity index (χ0n) is 6.65. The van der Waals surface area contributed by atoms with Crippen LogP contribution in [0.3, 0.4) is 0 Å². The van der Waals surface area contributed by atoms with Gasteiger partial charge in [0.15, 0.2) is 5.54 Å². The summed E-state index contributed by atoms with van der Waals surface area (Å²) in [4.78, 5) is 10.8. The molecule has 5 heteroatoms. The van der Waals surface area contributed by atoms with Gasteiger partial charge in [0.05, 0.1) is 0 Å². The van der Waals surface area contributed by atoms with Gasteiger partial charge >= 0.3 is 5.97 Å². The lowest BCUT2D eigenvalue weighted by atomic mass is 9.83. The van der Waals surface area contributed by atoms with Crippen molar-refractivity contribution in [3.63, 3.8) is 0 Å². The highest BCUT2D eigenvalue weighted by Crippen LogP contribution is 2.31. The molecule has 1 aliphatic rings. The molecule has 1 saturated carbocycles. The molecule has 1 rings (SSSR count). The lowest BCUT2D eigenvalue weighted by Crippen LogP contribution is -2.38. The van der Waals surface area contributed by atoms with E-state index in [9.17, 15) is 9.00 Å². The van der Waals surface area contributed by atoms with E-state index in [0.717, 1.165) is 19.3 Å². The van der Waals surface area contributed by atoms with Crippen molar-refractivity contribution in [1.82, 2.24) is 0 Å². The molecule has 1 fully saturated rings. The van der Waals surface area contributed by atoms with Crippen LogP contribution in [0.2, 0.25) is 0 Å². The van der Waals surface area contributed by atoms with Gasteiger partial charge in [-0.2, -0.15) is 8.57 Å². The van der Waals surface area contributed by atoms with Gasteiger partial charge in [-0.3, -0.25) is 0 Å². The monoisotopic (exact) mass is 189 g/mol. The molecule has 4 nitrogen and oxygen atoms in total. The molecule has 0 atom stereocenters. The summed E-state index contributed by atoms with van der Waals surface area (Å²) in [5, 5.41) is 8.87. The molecule has 0 aromatic heterocycles. The van der Waals surface area contributed by atoms with Crippen molar-refractivity contribution in [2.45, 2.75) is 37.6 Å². The molecule has 0 spiro atoms. The molecule has 0 aliphatic heterocycles. The van der Waals surface area contributed by atoms with E-state index in [2.05, 4.69) is 4.36 Å². The largest absolute Gasteiger partial charge is 0.479 e. The highest BCUT2D eigenvalue weighted by molar-refractivity contribution is 7.54. The summed E-state index contributed by atoms with van der Waals surface area (Å²) in [5.41, 5.74) is -1.08. The van der Waals surface area contributed by atoms with E-state index >= 15 is 0 Å². The third-order valence-electron chi connectivity index (χ3n) is 2.29. The van der Waals surface area contributed by atoms with Crippen LogP contribution in [-0.4, -0.2) is 20.8 Å². The Morgan fingerprint density at radius 1 is 1.33 bits per heavy atom. The maximum atomic E-state index is 10.8. The number of carboxylic acids is 1. The minimum absolute atomic E-state index is 0.0295. The highest BCUT2D eigenvalue weighted by Gasteiger charge is 2.39. The molecule has 68 valence electrons. The second-order valence-electron chi connectivity index (χ2n) is 3.06. The van der Waals surface area contributed by atoms with Gasteiger partial charge in [0, 0.05) is 0 Å². The fraction of sp³-hybridized carbons (Fsp3) is 0.857. The number of carboxylic acid groups (broad SMARTS) is 1. The molecule has 1 aliphatic carbocycles. The predicted octanol–water partition coefficient (Wildman–Crippen LogP) is 1.17. The van der Waals surface area contributed by atoms with Gasteiger partial charge in [0.25, 0.3) is 0 Å². The van der Waals surface area contributed by atoms with Gasteiger partial charge in [-0.1, -0.05) is 19.3 Å². The number of hydrogen-bond acceptors (Lipinski definition) is 3. The molecule has 0 radical (unpaired) electrons. The summed E-state index contributed by atoms with van der Waals surface area (Å²) >= 11 is 0.0295. The first kappa shape index (κ1) is 9.38. The highest BCUT2D eigenvalue weighted by atomic mass is 32.1.